The first-order valence-electron chi connectivity index (χ1n) is 7.51. The van der Waals surface area contributed by atoms with Crippen LogP contribution < -0.4 is 11.1 Å². The van der Waals surface area contributed by atoms with Gasteiger partial charge in [-0.25, -0.2) is 0 Å². The molecule has 1 saturated heterocycles. The molecule has 1 aliphatic carbocycles. The van der Waals surface area contributed by atoms with Gasteiger partial charge in [-0.05, 0) is 51.1 Å². The Labute approximate surface area is 110 Å². The molecule has 4 heteroatoms. The van der Waals surface area contributed by atoms with E-state index >= 15 is 0 Å². The van der Waals surface area contributed by atoms with Crippen LogP contribution in [0.1, 0.15) is 45.4 Å². The number of amides is 1. The average Bonchev–Trinajstić information content (AvgIpc) is 2.75. The highest BCUT2D eigenvalue weighted by molar-refractivity contribution is 5.82. The molecule has 2 fully saturated rings. The van der Waals surface area contributed by atoms with E-state index in [2.05, 4.69) is 17.1 Å². The first kappa shape index (κ1) is 13.8. The molecule has 2 rings (SSSR count). The highest BCUT2D eigenvalue weighted by Crippen LogP contribution is 2.31. The SMILES string of the molecule is CCN(C1CCCCNC1=O)C1CCCC1CN. The van der Waals surface area contributed by atoms with Crippen LogP contribution in [-0.4, -0.2) is 42.5 Å². The number of carbonyl (C=O) groups is 1. The number of likely N-dealkylation sites (N-methyl/N-ethyl adjacent to an activating group) is 1. The van der Waals surface area contributed by atoms with Gasteiger partial charge in [0.1, 0.15) is 0 Å². The van der Waals surface area contributed by atoms with Gasteiger partial charge >= 0.3 is 0 Å². The van der Waals surface area contributed by atoms with E-state index in [0.29, 0.717) is 12.0 Å². The smallest absolute Gasteiger partial charge is 0.237 e. The summed E-state index contributed by atoms with van der Waals surface area (Å²) in [6, 6.07) is 0.600. The summed E-state index contributed by atoms with van der Waals surface area (Å²) in [4.78, 5) is 14.6. The molecular formula is C14H27N3O. The molecule has 1 saturated carbocycles. The minimum absolute atomic E-state index is 0.0784. The fraction of sp³-hybridized carbons (Fsp3) is 0.929. The molecule has 3 atom stereocenters. The van der Waals surface area contributed by atoms with Gasteiger partial charge in [-0.2, -0.15) is 0 Å². The van der Waals surface area contributed by atoms with Crippen LogP contribution in [0.15, 0.2) is 0 Å². The molecule has 0 aromatic carbocycles. The maximum absolute atomic E-state index is 12.2. The zero-order valence-electron chi connectivity index (χ0n) is 11.5. The van der Waals surface area contributed by atoms with Gasteiger partial charge in [0, 0.05) is 12.6 Å². The third-order valence-electron chi connectivity index (χ3n) is 4.62. The zero-order valence-corrected chi connectivity index (χ0v) is 11.5. The zero-order chi connectivity index (χ0) is 13.0. The quantitative estimate of drug-likeness (QED) is 0.789. The van der Waals surface area contributed by atoms with Crippen molar-refractivity contribution in [1.29, 1.82) is 0 Å². The summed E-state index contributed by atoms with van der Waals surface area (Å²) < 4.78 is 0. The number of hydrogen-bond donors (Lipinski definition) is 2. The maximum Gasteiger partial charge on any atom is 0.237 e. The molecule has 4 nitrogen and oxygen atoms in total. The first-order chi connectivity index (χ1) is 8.77. The summed E-state index contributed by atoms with van der Waals surface area (Å²) >= 11 is 0. The van der Waals surface area contributed by atoms with Gasteiger partial charge in [0.25, 0.3) is 0 Å². The van der Waals surface area contributed by atoms with E-state index in [1.54, 1.807) is 0 Å². The molecule has 104 valence electrons. The van der Waals surface area contributed by atoms with E-state index in [-0.39, 0.29) is 11.9 Å². The Morgan fingerprint density at radius 1 is 1.28 bits per heavy atom. The standard InChI is InChI=1S/C14H27N3O/c1-2-17(12-8-5-6-11(12)10-15)13-7-3-4-9-16-14(13)18/h11-13H,2-10,15H2,1H3,(H,16,18). The van der Waals surface area contributed by atoms with Crippen molar-refractivity contribution < 1.29 is 4.79 Å². The van der Waals surface area contributed by atoms with Gasteiger partial charge in [-0.3, -0.25) is 9.69 Å². The Balaban J connectivity index is 2.08. The summed E-state index contributed by atoms with van der Waals surface area (Å²) in [5, 5.41) is 3.05. The summed E-state index contributed by atoms with van der Waals surface area (Å²) in [6.45, 7) is 4.73. The molecule has 3 unspecified atom stereocenters. The van der Waals surface area contributed by atoms with Crippen LogP contribution >= 0.6 is 0 Å². The van der Waals surface area contributed by atoms with Crippen LogP contribution in [0.3, 0.4) is 0 Å². The molecule has 0 spiro atoms. The first-order valence-corrected chi connectivity index (χ1v) is 7.51. The Morgan fingerprint density at radius 2 is 2.11 bits per heavy atom. The lowest BCUT2D eigenvalue weighted by molar-refractivity contribution is -0.127. The van der Waals surface area contributed by atoms with Gasteiger partial charge in [0.05, 0.1) is 6.04 Å². The van der Waals surface area contributed by atoms with Gasteiger partial charge in [-0.1, -0.05) is 13.3 Å². The molecule has 0 radical (unpaired) electrons. The number of nitrogens with zero attached hydrogens (tertiary/aromatic N) is 1. The largest absolute Gasteiger partial charge is 0.355 e. The maximum atomic E-state index is 12.2. The average molecular weight is 253 g/mol. The molecule has 3 N–H and O–H groups in total. The predicted octanol–water partition coefficient (Wildman–Crippen LogP) is 1.10. The molecule has 18 heavy (non-hydrogen) atoms. The van der Waals surface area contributed by atoms with Gasteiger partial charge < -0.3 is 11.1 Å². The second-order valence-corrected chi connectivity index (χ2v) is 5.63. The van der Waals surface area contributed by atoms with Crippen molar-refractivity contribution in [3.63, 3.8) is 0 Å². The summed E-state index contributed by atoms with van der Waals surface area (Å²) in [5.41, 5.74) is 5.88. The Bertz CT molecular complexity index is 282. The van der Waals surface area contributed by atoms with Gasteiger partial charge in [-0.15, -0.1) is 0 Å². The van der Waals surface area contributed by atoms with Crippen molar-refractivity contribution in [2.75, 3.05) is 19.6 Å². The monoisotopic (exact) mass is 253 g/mol. The van der Waals surface area contributed by atoms with Crippen LogP contribution in [0.4, 0.5) is 0 Å². The van der Waals surface area contributed by atoms with Crippen molar-refractivity contribution in [1.82, 2.24) is 10.2 Å². The summed E-state index contributed by atoms with van der Waals surface area (Å²) in [5.74, 6) is 0.818. The Kier molecular flexibility index (Phi) is 5.01. The minimum Gasteiger partial charge on any atom is -0.355 e. The number of nitrogens with one attached hydrogen (secondary N) is 1. The normalized spacial score (nSPS) is 33.5. The molecule has 1 amide bonds. The Morgan fingerprint density at radius 3 is 2.83 bits per heavy atom. The lowest BCUT2D eigenvalue weighted by Crippen LogP contribution is -2.52. The molecular weight excluding hydrogens is 226 g/mol. The molecule has 0 aromatic rings. The second-order valence-electron chi connectivity index (χ2n) is 5.63. The second kappa shape index (κ2) is 6.53. The highest BCUT2D eigenvalue weighted by Gasteiger charge is 2.36. The third kappa shape index (κ3) is 2.86. The molecule has 0 aromatic heterocycles. The third-order valence-corrected chi connectivity index (χ3v) is 4.62. The minimum atomic E-state index is 0.0784. The fourth-order valence-electron chi connectivity index (χ4n) is 3.65. The highest BCUT2D eigenvalue weighted by atomic mass is 16.2. The van der Waals surface area contributed by atoms with E-state index in [1.807, 2.05) is 0 Å². The van der Waals surface area contributed by atoms with Gasteiger partial charge in [0.15, 0.2) is 0 Å². The molecule has 1 aliphatic heterocycles. The van der Waals surface area contributed by atoms with E-state index in [1.165, 1.54) is 19.3 Å². The predicted molar refractivity (Wildman–Crippen MR) is 73.2 cm³/mol. The van der Waals surface area contributed by atoms with Crippen LogP contribution in [0.2, 0.25) is 0 Å². The number of nitrogens with two attached hydrogens (primary N) is 1. The van der Waals surface area contributed by atoms with Gasteiger partial charge in [0.2, 0.25) is 5.91 Å². The fourth-order valence-corrected chi connectivity index (χ4v) is 3.65. The molecule has 2 aliphatic rings. The lowest BCUT2D eigenvalue weighted by Gasteiger charge is -2.37. The van der Waals surface area contributed by atoms with E-state index in [9.17, 15) is 4.79 Å². The topological polar surface area (TPSA) is 58.4 Å². The lowest BCUT2D eigenvalue weighted by atomic mass is 9.98. The van der Waals surface area contributed by atoms with E-state index in [4.69, 9.17) is 5.73 Å². The van der Waals surface area contributed by atoms with E-state index < -0.39 is 0 Å². The Hall–Kier alpha value is -0.610. The number of rotatable bonds is 4. The molecule has 0 bridgehead atoms. The number of carbonyl (C=O) groups excluding carboxylic acids is 1. The summed E-state index contributed by atoms with van der Waals surface area (Å²) in [7, 11) is 0. The van der Waals surface area contributed by atoms with Crippen molar-refractivity contribution in [3.8, 4) is 0 Å². The van der Waals surface area contributed by atoms with Crippen LogP contribution in [-0.2, 0) is 4.79 Å². The summed E-state index contributed by atoms with van der Waals surface area (Å²) in [6.07, 6.45) is 6.97. The van der Waals surface area contributed by atoms with Crippen molar-refractivity contribution in [3.05, 3.63) is 0 Å². The van der Waals surface area contributed by atoms with Crippen molar-refractivity contribution in [2.45, 2.75) is 57.5 Å². The van der Waals surface area contributed by atoms with Crippen LogP contribution in [0.5, 0.6) is 0 Å². The van der Waals surface area contributed by atoms with E-state index in [0.717, 1.165) is 38.9 Å². The van der Waals surface area contributed by atoms with Crippen molar-refractivity contribution in [2.24, 2.45) is 11.7 Å². The van der Waals surface area contributed by atoms with Crippen LogP contribution in [0.25, 0.3) is 0 Å². The van der Waals surface area contributed by atoms with Crippen LogP contribution in [0, 0.1) is 5.92 Å². The molecule has 1 heterocycles. The number of hydrogen-bond acceptors (Lipinski definition) is 3. The van der Waals surface area contributed by atoms with Crippen molar-refractivity contribution >= 4 is 5.91 Å².